The molecule has 94 valence electrons. The summed E-state index contributed by atoms with van der Waals surface area (Å²) < 4.78 is 26.6. The summed E-state index contributed by atoms with van der Waals surface area (Å²) in [5.41, 5.74) is 0.842. The molecule has 0 N–H and O–H groups in total. The van der Waals surface area contributed by atoms with E-state index in [2.05, 4.69) is 0 Å². The van der Waals surface area contributed by atoms with Crippen LogP contribution in [0.1, 0.15) is 5.56 Å². The quantitative estimate of drug-likeness (QED) is 0.809. The molecule has 0 heterocycles. The summed E-state index contributed by atoms with van der Waals surface area (Å²) in [6.45, 7) is 0. The fraction of sp³-hybridized carbons (Fsp3) is 0.333. The minimum absolute atomic E-state index is 0.546. The Morgan fingerprint density at radius 3 is 1.94 bits per heavy atom. The van der Waals surface area contributed by atoms with Crippen LogP contribution in [0.5, 0.6) is 17.2 Å². The van der Waals surface area contributed by atoms with Crippen LogP contribution >= 0.6 is 0 Å². The van der Waals surface area contributed by atoms with Crippen molar-refractivity contribution in [3.63, 3.8) is 0 Å². The Hall–Kier alpha value is -1.49. The van der Waals surface area contributed by atoms with Crippen LogP contribution in [0.3, 0.4) is 0 Å². The van der Waals surface area contributed by atoms with E-state index in [0.29, 0.717) is 17.2 Å². The minimum Gasteiger partial charge on any atom is -0.493 e. The summed E-state index contributed by atoms with van der Waals surface area (Å²) in [5.74, 6) is 1.70. The molecule has 0 aromatic heterocycles. The van der Waals surface area contributed by atoms with Crippen LogP contribution < -0.4 is 14.2 Å². The van der Waals surface area contributed by atoms with E-state index < -0.39 is 10.8 Å². The zero-order valence-corrected chi connectivity index (χ0v) is 11.2. The van der Waals surface area contributed by atoms with Crippen molar-refractivity contribution in [1.29, 1.82) is 0 Å². The van der Waals surface area contributed by atoms with Gasteiger partial charge in [0.15, 0.2) is 11.5 Å². The van der Waals surface area contributed by atoms with Crippen molar-refractivity contribution in [3.05, 3.63) is 23.1 Å². The lowest BCUT2D eigenvalue weighted by Crippen LogP contribution is -1.95. The van der Waals surface area contributed by atoms with Crippen molar-refractivity contribution in [2.45, 2.75) is 0 Å². The summed E-state index contributed by atoms with van der Waals surface area (Å²) in [6, 6.07) is 3.59. The molecule has 4 nitrogen and oxygen atoms in total. The van der Waals surface area contributed by atoms with Crippen LogP contribution in [0.15, 0.2) is 17.5 Å². The van der Waals surface area contributed by atoms with Crippen LogP contribution in [0.4, 0.5) is 0 Å². The molecule has 0 fully saturated rings. The second kappa shape index (κ2) is 6.30. The number of ether oxygens (including phenoxy) is 3. The molecule has 1 aromatic carbocycles. The van der Waals surface area contributed by atoms with E-state index in [0.717, 1.165) is 5.56 Å². The summed E-state index contributed by atoms with van der Waals surface area (Å²) >= 11 is 0. The molecule has 1 rings (SSSR count). The Balaban J connectivity index is 3.22. The monoisotopic (exact) mass is 256 g/mol. The van der Waals surface area contributed by atoms with E-state index in [1.165, 1.54) is 0 Å². The van der Waals surface area contributed by atoms with Crippen LogP contribution in [-0.2, 0) is 10.8 Å². The average molecular weight is 256 g/mol. The van der Waals surface area contributed by atoms with E-state index in [9.17, 15) is 4.21 Å². The number of methoxy groups -OCH3 is 3. The first-order valence-electron chi connectivity index (χ1n) is 4.92. The second-order valence-electron chi connectivity index (χ2n) is 3.26. The molecule has 0 bridgehead atoms. The first kappa shape index (κ1) is 13.6. The van der Waals surface area contributed by atoms with Gasteiger partial charge in [-0.25, -0.2) is 0 Å². The largest absolute Gasteiger partial charge is 0.493 e. The fourth-order valence-corrected chi connectivity index (χ4v) is 1.72. The van der Waals surface area contributed by atoms with Crippen LogP contribution in [0.25, 0.3) is 6.08 Å². The summed E-state index contributed by atoms with van der Waals surface area (Å²) in [4.78, 5) is 0. The molecular weight excluding hydrogens is 240 g/mol. The van der Waals surface area contributed by atoms with Crippen molar-refractivity contribution in [3.8, 4) is 17.2 Å². The molecule has 0 aliphatic carbocycles. The molecule has 0 radical (unpaired) electrons. The third-order valence-electron chi connectivity index (χ3n) is 2.14. The molecule has 0 amide bonds. The maximum Gasteiger partial charge on any atom is 0.203 e. The predicted molar refractivity (Wildman–Crippen MR) is 69.2 cm³/mol. The summed E-state index contributed by atoms with van der Waals surface area (Å²) in [7, 11) is 3.69. The van der Waals surface area contributed by atoms with Gasteiger partial charge in [0.2, 0.25) is 5.75 Å². The Labute approximate surface area is 104 Å². The standard InChI is InChI=1S/C12H16O4S/c1-14-10-7-9(5-6-17(4)13)8-11(15-2)12(10)16-3/h5-8H,1-4H3. The van der Waals surface area contributed by atoms with Gasteiger partial charge in [-0.05, 0) is 23.8 Å². The normalized spacial score (nSPS) is 12.5. The van der Waals surface area contributed by atoms with Gasteiger partial charge in [0.1, 0.15) is 0 Å². The minimum atomic E-state index is -0.984. The number of hydrogen-bond acceptors (Lipinski definition) is 4. The molecule has 0 aliphatic rings. The van der Waals surface area contributed by atoms with Gasteiger partial charge >= 0.3 is 0 Å². The van der Waals surface area contributed by atoms with E-state index >= 15 is 0 Å². The topological polar surface area (TPSA) is 44.8 Å². The van der Waals surface area contributed by atoms with Crippen LogP contribution in [-0.4, -0.2) is 31.8 Å². The van der Waals surface area contributed by atoms with Crippen molar-refractivity contribution >= 4 is 16.9 Å². The first-order valence-corrected chi connectivity index (χ1v) is 6.55. The smallest absolute Gasteiger partial charge is 0.203 e. The lowest BCUT2D eigenvalue weighted by atomic mass is 10.2. The van der Waals surface area contributed by atoms with E-state index in [1.54, 1.807) is 51.2 Å². The first-order chi connectivity index (χ1) is 8.12. The fourth-order valence-electron chi connectivity index (χ4n) is 1.37. The average Bonchev–Trinajstić information content (AvgIpc) is 2.34. The number of benzene rings is 1. The zero-order chi connectivity index (χ0) is 12.8. The molecule has 1 unspecified atom stereocenters. The van der Waals surface area contributed by atoms with Crippen molar-refractivity contribution < 1.29 is 18.4 Å². The molecule has 0 aliphatic heterocycles. The van der Waals surface area contributed by atoms with E-state index in [1.807, 2.05) is 0 Å². The van der Waals surface area contributed by atoms with Gasteiger partial charge in [-0.3, -0.25) is 4.21 Å². The maximum atomic E-state index is 11.0. The molecule has 1 aromatic rings. The highest BCUT2D eigenvalue weighted by Gasteiger charge is 2.11. The third kappa shape index (κ3) is 3.49. The van der Waals surface area contributed by atoms with Gasteiger partial charge < -0.3 is 14.2 Å². The number of hydrogen-bond donors (Lipinski definition) is 0. The van der Waals surface area contributed by atoms with Gasteiger partial charge in [0, 0.05) is 22.5 Å². The molecular formula is C12H16O4S. The highest BCUT2D eigenvalue weighted by molar-refractivity contribution is 7.87. The molecule has 0 spiro atoms. The molecule has 17 heavy (non-hydrogen) atoms. The molecule has 0 saturated carbocycles. The van der Waals surface area contributed by atoms with Gasteiger partial charge in [-0.1, -0.05) is 0 Å². The van der Waals surface area contributed by atoms with Gasteiger partial charge in [0.05, 0.1) is 21.3 Å². The highest BCUT2D eigenvalue weighted by atomic mass is 32.2. The summed E-state index contributed by atoms with van der Waals surface area (Å²) in [5, 5.41) is 1.60. The lowest BCUT2D eigenvalue weighted by molar-refractivity contribution is 0.324. The Bertz CT molecular complexity index is 415. The lowest BCUT2D eigenvalue weighted by Gasteiger charge is -2.12. The van der Waals surface area contributed by atoms with Gasteiger partial charge in [0.25, 0.3) is 0 Å². The summed E-state index contributed by atoms with van der Waals surface area (Å²) in [6.07, 6.45) is 3.36. The van der Waals surface area contributed by atoms with Crippen molar-refractivity contribution in [2.75, 3.05) is 27.6 Å². The SMILES string of the molecule is COc1cc(C=CS(C)=O)cc(OC)c1OC. The highest BCUT2D eigenvalue weighted by Crippen LogP contribution is 2.38. The Morgan fingerprint density at radius 1 is 1.06 bits per heavy atom. The number of rotatable bonds is 5. The van der Waals surface area contributed by atoms with Gasteiger partial charge in [-0.15, -0.1) is 0 Å². The maximum absolute atomic E-state index is 11.0. The molecule has 0 saturated heterocycles. The predicted octanol–water partition coefficient (Wildman–Crippen LogP) is 2.06. The Morgan fingerprint density at radius 2 is 1.59 bits per heavy atom. The Kier molecular flexibility index (Phi) is 5.03. The zero-order valence-electron chi connectivity index (χ0n) is 10.4. The third-order valence-corrected chi connectivity index (χ3v) is 2.66. The van der Waals surface area contributed by atoms with E-state index in [-0.39, 0.29) is 0 Å². The van der Waals surface area contributed by atoms with Crippen LogP contribution in [0, 0.1) is 0 Å². The van der Waals surface area contributed by atoms with Gasteiger partial charge in [-0.2, -0.15) is 0 Å². The van der Waals surface area contributed by atoms with Crippen LogP contribution in [0.2, 0.25) is 0 Å². The van der Waals surface area contributed by atoms with E-state index in [4.69, 9.17) is 14.2 Å². The van der Waals surface area contributed by atoms with Crippen molar-refractivity contribution in [1.82, 2.24) is 0 Å². The molecule has 5 heteroatoms. The second-order valence-corrected chi connectivity index (χ2v) is 4.53. The molecule has 1 atom stereocenters. The van der Waals surface area contributed by atoms with Crippen molar-refractivity contribution in [2.24, 2.45) is 0 Å².